The molecule has 0 unspecified atom stereocenters. The molecule has 0 saturated heterocycles. The Balaban J connectivity index is 1.36. The molecule has 1 fully saturated rings. The predicted octanol–water partition coefficient (Wildman–Crippen LogP) is 2.65. The van der Waals surface area contributed by atoms with Crippen molar-refractivity contribution in [1.29, 1.82) is 0 Å². The standard InChI is InChI=1S/C21H26N4O5/c1-21(2,3)29-20(28)24-23-18(26)15-9-13(10-15)12-22-19(27)16-11-17(30-25-16)14-7-5-4-6-8-14/h4-8,11,13,15H,9-10,12H2,1-3H3,(H,22,27)(H,23,26)(H,24,28). The summed E-state index contributed by atoms with van der Waals surface area (Å²) in [4.78, 5) is 35.9. The fraction of sp³-hybridized carbons (Fsp3) is 0.429. The summed E-state index contributed by atoms with van der Waals surface area (Å²) >= 11 is 0. The van der Waals surface area contributed by atoms with E-state index in [9.17, 15) is 14.4 Å². The van der Waals surface area contributed by atoms with Crippen molar-refractivity contribution in [2.45, 2.75) is 39.2 Å². The van der Waals surface area contributed by atoms with Gasteiger partial charge in [0, 0.05) is 24.1 Å². The van der Waals surface area contributed by atoms with E-state index >= 15 is 0 Å². The van der Waals surface area contributed by atoms with Gasteiger partial charge < -0.3 is 14.6 Å². The number of ether oxygens (including phenoxy) is 1. The number of amides is 3. The normalized spacial score (nSPS) is 18.1. The third-order valence-corrected chi connectivity index (χ3v) is 4.65. The van der Waals surface area contributed by atoms with Crippen LogP contribution in [0.1, 0.15) is 44.1 Å². The molecule has 0 spiro atoms. The van der Waals surface area contributed by atoms with Crippen LogP contribution in [0.3, 0.4) is 0 Å². The minimum absolute atomic E-state index is 0.187. The molecule has 2 aromatic rings. The lowest BCUT2D eigenvalue weighted by Gasteiger charge is -2.34. The molecule has 160 valence electrons. The van der Waals surface area contributed by atoms with Crippen LogP contribution in [0.5, 0.6) is 0 Å². The van der Waals surface area contributed by atoms with Gasteiger partial charge in [-0.25, -0.2) is 10.2 Å². The minimum Gasteiger partial charge on any atom is -0.443 e. The molecule has 30 heavy (non-hydrogen) atoms. The van der Waals surface area contributed by atoms with E-state index in [1.807, 2.05) is 30.3 Å². The Morgan fingerprint density at radius 1 is 1.13 bits per heavy atom. The van der Waals surface area contributed by atoms with Crippen molar-refractivity contribution in [3.8, 4) is 11.3 Å². The van der Waals surface area contributed by atoms with E-state index in [2.05, 4.69) is 21.3 Å². The quantitative estimate of drug-likeness (QED) is 0.647. The SMILES string of the molecule is CC(C)(C)OC(=O)NNC(=O)C1CC(CNC(=O)c2cc(-c3ccccc3)on2)C1. The van der Waals surface area contributed by atoms with Crippen LogP contribution >= 0.6 is 0 Å². The van der Waals surface area contributed by atoms with Crippen LogP contribution in [0.15, 0.2) is 40.9 Å². The lowest BCUT2D eigenvalue weighted by atomic mass is 9.74. The van der Waals surface area contributed by atoms with Crippen LogP contribution in [-0.4, -0.2) is 35.2 Å². The summed E-state index contributed by atoms with van der Waals surface area (Å²) in [5.74, 6) is -0.0863. The summed E-state index contributed by atoms with van der Waals surface area (Å²) in [5.41, 5.74) is 5.02. The molecular weight excluding hydrogens is 388 g/mol. The second-order valence-corrected chi connectivity index (χ2v) is 8.30. The first kappa shape index (κ1) is 21.4. The molecule has 1 aliphatic rings. The van der Waals surface area contributed by atoms with Crippen molar-refractivity contribution in [2.75, 3.05) is 6.54 Å². The van der Waals surface area contributed by atoms with Gasteiger partial charge in [0.1, 0.15) is 5.60 Å². The van der Waals surface area contributed by atoms with Gasteiger partial charge in [-0.3, -0.25) is 15.0 Å². The van der Waals surface area contributed by atoms with Crippen LogP contribution < -0.4 is 16.2 Å². The van der Waals surface area contributed by atoms with Crippen molar-refractivity contribution in [2.24, 2.45) is 11.8 Å². The van der Waals surface area contributed by atoms with E-state index in [0.717, 1.165) is 5.56 Å². The molecule has 0 bridgehead atoms. The smallest absolute Gasteiger partial charge is 0.426 e. The maximum Gasteiger partial charge on any atom is 0.426 e. The summed E-state index contributed by atoms with van der Waals surface area (Å²) in [6.45, 7) is 5.65. The van der Waals surface area contributed by atoms with Crippen molar-refractivity contribution in [3.63, 3.8) is 0 Å². The Hall–Kier alpha value is -3.36. The lowest BCUT2D eigenvalue weighted by molar-refractivity contribution is -0.130. The number of hydrogen-bond donors (Lipinski definition) is 3. The molecule has 1 aliphatic carbocycles. The number of carbonyl (C=O) groups excluding carboxylic acids is 3. The van der Waals surface area contributed by atoms with E-state index < -0.39 is 11.7 Å². The molecule has 1 heterocycles. The number of aromatic nitrogens is 1. The average Bonchev–Trinajstić information content (AvgIpc) is 3.14. The van der Waals surface area contributed by atoms with Gasteiger partial charge in [0.05, 0.1) is 0 Å². The third-order valence-electron chi connectivity index (χ3n) is 4.65. The molecule has 9 nitrogen and oxygen atoms in total. The van der Waals surface area contributed by atoms with E-state index in [-0.39, 0.29) is 29.3 Å². The number of nitrogens with zero attached hydrogens (tertiary/aromatic N) is 1. The highest BCUT2D eigenvalue weighted by Gasteiger charge is 2.35. The van der Waals surface area contributed by atoms with Gasteiger partial charge in [-0.15, -0.1) is 0 Å². The van der Waals surface area contributed by atoms with Gasteiger partial charge in [0.15, 0.2) is 11.5 Å². The molecule has 1 saturated carbocycles. The minimum atomic E-state index is -0.707. The molecule has 1 aromatic heterocycles. The first-order valence-corrected chi connectivity index (χ1v) is 9.80. The highest BCUT2D eigenvalue weighted by atomic mass is 16.6. The Bertz CT molecular complexity index is 898. The molecule has 3 rings (SSSR count). The zero-order valence-electron chi connectivity index (χ0n) is 17.2. The van der Waals surface area contributed by atoms with Gasteiger partial charge in [-0.1, -0.05) is 35.5 Å². The number of hydrogen-bond acceptors (Lipinski definition) is 6. The fourth-order valence-corrected chi connectivity index (χ4v) is 3.08. The van der Waals surface area contributed by atoms with Crippen molar-refractivity contribution in [1.82, 2.24) is 21.3 Å². The van der Waals surface area contributed by atoms with E-state index in [0.29, 0.717) is 25.1 Å². The Kier molecular flexibility index (Phi) is 6.39. The number of carbonyl (C=O) groups is 3. The Morgan fingerprint density at radius 3 is 2.50 bits per heavy atom. The van der Waals surface area contributed by atoms with Crippen LogP contribution in [0, 0.1) is 11.8 Å². The first-order valence-electron chi connectivity index (χ1n) is 9.80. The highest BCUT2D eigenvalue weighted by Crippen LogP contribution is 2.33. The summed E-state index contributed by atoms with van der Waals surface area (Å²) < 4.78 is 10.3. The first-order chi connectivity index (χ1) is 14.2. The molecule has 3 N–H and O–H groups in total. The van der Waals surface area contributed by atoms with Gasteiger partial charge in [0.2, 0.25) is 5.91 Å². The topological polar surface area (TPSA) is 123 Å². The molecule has 0 aliphatic heterocycles. The Labute approximate surface area is 174 Å². The number of rotatable bonds is 5. The Morgan fingerprint density at radius 2 is 1.83 bits per heavy atom. The van der Waals surface area contributed by atoms with E-state index in [1.54, 1.807) is 26.8 Å². The summed E-state index contributed by atoms with van der Waals surface area (Å²) in [7, 11) is 0. The average molecular weight is 414 g/mol. The van der Waals surface area contributed by atoms with Gasteiger partial charge in [0.25, 0.3) is 5.91 Å². The summed E-state index contributed by atoms with van der Waals surface area (Å²) in [6.07, 6.45) is 0.535. The number of hydrazine groups is 1. The largest absolute Gasteiger partial charge is 0.443 e. The highest BCUT2D eigenvalue weighted by molar-refractivity contribution is 5.93. The molecule has 9 heteroatoms. The van der Waals surface area contributed by atoms with Gasteiger partial charge >= 0.3 is 6.09 Å². The second kappa shape index (κ2) is 8.98. The molecule has 1 aromatic carbocycles. The fourth-order valence-electron chi connectivity index (χ4n) is 3.08. The van der Waals surface area contributed by atoms with Crippen LogP contribution in [0.25, 0.3) is 11.3 Å². The van der Waals surface area contributed by atoms with Crippen LogP contribution in [-0.2, 0) is 9.53 Å². The second-order valence-electron chi connectivity index (χ2n) is 8.30. The van der Waals surface area contributed by atoms with Crippen molar-refractivity contribution < 1.29 is 23.6 Å². The van der Waals surface area contributed by atoms with E-state index in [1.165, 1.54) is 0 Å². The molecule has 0 atom stereocenters. The number of nitrogens with one attached hydrogen (secondary N) is 3. The zero-order valence-corrected chi connectivity index (χ0v) is 17.2. The lowest BCUT2D eigenvalue weighted by Crippen LogP contribution is -2.50. The monoisotopic (exact) mass is 414 g/mol. The molecule has 0 radical (unpaired) electrons. The third kappa shape index (κ3) is 5.82. The maximum absolute atomic E-state index is 12.3. The number of benzene rings is 1. The molecule has 3 amide bonds. The van der Waals surface area contributed by atoms with Crippen LogP contribution in [0.4, 0.5) is 4.79 Å². The van der Waals surface area contributed by atoms with Crippen molar-refractivity contribution >= 4 is 17.9 Å². The van der Waals surface area contributed by atoms with E-state index in [4.69, 9.17) is 9.26 Å². The van der Waals surface area contributed by atoms with Crippen LogP contribution in [0.2, 0.25) is 0 Å². The maximum atomic E-state index is 12.3. The molecular formula is C21H26N4O5. The van der Waals surface area contributed by atoms with Gasteiger partial charge in [-0.05, 0) is 39.5 Å². The predicted molar refractivity (Wildman–Crippen MR) is 108 cm³/mol. The summed E-state index contributed by atoms with van der Waals surface area (Å²) in [5, 5.41) is 6.64. The van der Waals surface area contributed by atoms with Crippen molar-refractivity contribution in [3.05, 3.63) is 42.1 Å². The summed E-state index contributed by atoms with van der Waals surface area (Å²) in [6, 6.07) is 11.0. The zero-order chi connectivity index (χ0) is 21.7. The van der Waals surface area contributed by atoms with Gasteiger partial charge in [-0.2, -0.15) is 0 Å².